The van der Waals surface area contributed by atoms with Gasteiger partial charge in [-0.15, -0.1) is 24.2 Å². The first-order valence-electron chi connectivity index (χ1n) is 6.06. The normalized spacial score (nSPS) is 17.8. The monoisotopic (exact) mass is 320 g/mol. The molecule has 1 fully saturated rings. The van der Waals surface area contributed by atoms with Crippen LogP contribution in [0.1, 0.15) is 12.0 Å². The van der Waals surface area contributed by atoms with Crippen molar-refractivity contribution in [2.75, 3.05) is 18.8 Å². The first-order valence-corrected chi connectivity index (χ1v) is 7.59. The van der Waals surface area contributed by atoms with Crippen LogP contribution >= 0.6 is 35.8 Å². The number of thioether (sulfide) groups is 1. The fraction of sp³-hybridized carbons (Fsp3) is 0.462. The van der Waals surface area contributed by atoms with E-state index in [2.05, 4.69) is 10.6 Å². The summed E-state index contributed by atoms with van der Waals surface area (Å²) in [5.74, 6) is 1.48. The van der Waals surface area contributed by atoms with Crippen LogP contribution in [0, 0.1) is 0 Å². The molecule has 6 heteroatoms. The van der Waals surface area contributed by atoms with Crippen LogP contribution in [-0.4, -0.2) is 30.8 Å². The Kier molecular flexibility index (Phi) is 7.61. The summed E-state index contributed by atoms with van der Waals surface area (Å²) >= 11 is 7.44. The van der Waals surface area contributed by atoms with Crippen molar-refractivity contribution in [2.45, 2.75) is 18.2 Å². The second kappa shape index (κ2) is 8.69. The molecule has 0 aliphatic carbocycles. The minimum absolute atomic E-state index is 0. The molecule has 1 amide bonds. The predicted octanol–water partition coefficient (Wildman–Crippen LogP) is 2.47. The highest BCUT2D eigenvalue weighted by Crippen LogP contribution is 2.15. The zero-order chi connectivity index (χ0) is 12.8. The molecule has 0 bridgehead atoms. The van der Waals surface area contributed by atoms with Crippen molar-refractivity contribution in [3.63, 3.8) is 0 Å². The van der Waals surface area contributed by atoms with Gasteiger partial charge in [0, 0.05) is 23.4 Å². The Hall–Kier alpha value is -0.420. The first kappa shape index (κ1) is 16.6. The molecule has 0 aromatic heterocycles. The fourth-order valence-corrected chi connectivity index (χ4v) is 2.81. The number of benzene rings is 1. The predicted molar refractivity (Wildman–Crippen MR) is 84.3 cm³/mol. The van der Waals surface area contributed by atoms with E-state index in [9.17, 15) is 4.79 Å². The van der Waals surface area contributed by atoms with Crippen molar-refractivity contribution in [3.8, 4) is 0 Å². The lowest BCUT2D eigenvalue weighted by Gasteiger charge is -2.10. The van der Waals surface area contributed by atoms with Crippen LogP contribution < -0.4 is 10.6 Å². The lowest BCUT2D eigenvalue weighted by atomic mass is 10.2. The van der Waals surface area contributed by atoms with E-state index in [1.165, 1.54) is 5.56 Å². The van der Waals surface area contributed by atoms with Crippen molar-refractivity contribution in [1.82, 2.24) is 10.6 Å². The van der Waals surface area contributed by atoms with Crippen molar-refractivity contribution < 1.29 is 4.79 Å². The van der Waals surface area contributed by atoms with E-state index < -0.39 is 0 Å². The molecule has 2 rings (SSSR count). The van der Waals surface area contributed by atoms with Gasteiger partial charge in [0.15, 0.2) is 0 Å². The molecule has 3 nitrogen and oxygen atoms in total. The standard InChI is InChI=1S/C13H17ClN2OS.ClH/c14-11-3-1-10(2-4-11)8-18-9-13(17)16-12-5-6-15-7-12;/h1-4,12,15H,5-9H2,(H,16,17);1H. The van der Waals surface area contributed by atoms with Gasteiger partial charge in [0.25, 0.3) is 0 Å². The molecule has 1 unspecified atom stereocenters. The Morgan fingerprint density at radius 3 is 2.79 bits per heavy atom. The van der Waals surface area contributed by atoms with Crippen LogP contribution in [0.25, 0.3) is 0 Å². The van der Waals surface area contributed by atoms with E-state index in [-0.39, 0.29) is 18.3 Å². The number of hydrogen-bond acceptors (Lipinski definition) is 3. The third-order valence-electron chi connectivity index (χ3n) is 2.84. The van der Waals surface area contributed by atoms with Gasteiger partial charge in [0.2, 0.25) is 5.91 Å². The smallest absolute Gasteiger partial charge is 0.230 e. The van der Waals surface area contributed by atoms with E-state index in [0.717, 1.165) is 30.3 Å². The Balaban J connectivity index is 0.00000180. The minimum atomic E-state index is 0. The maximum absolute atomic E-state index is 11.7. The van der Waals surface area contributed by atoms with Gasteiger partial charge >= 0.3 is 0 Å². The molecule has 1 aliphatic rings. The van der Waals surface area contributed by atoms with Gasteiger partial charge in [-0.1, -0.05) is 23.7 Å². The summed E-state index contributed by atoms with van der Waals surface area (Å²) in [6.07, 6.45) is 1.04. The maximum atomic E-state index is 11.7. The number of halogens is 2. The molecule has 1 aromatic carbocycles. The highest BCUT2D eigenvalue weighted by Gasteiger charge is 2.16. The molecule has 106 valence electrons. The Morgan fingerprint density at radius 1 is 1.42 bits per heavy atom. The summed E-state index contributed by atoms with van der Waals surface area (Å²) in [4.78, 5) is 11.7. The summed E-state index contributed by atoms with van der Waals surface area (Å²) in [5, 5.41) is 7.01. The van der Waals surface area contributed by atoms with Gasteiger partial charge in [-0.05, 0) is 30.7 Å². The molecular formula is C13H18Cl2N2OS. The Morgan fingerprint density at radius 2 is 2.16 bits per heavy atom. The van der Waals surface area contributed by atoms with E-state index in [4.69, 9.17) is 11.6 Å². The van der Waals surface area contributed by atoms with Gasteiger partial charge in [0.1, 0.15) is 0 Å². The zero-order valence-electron chi connectivity index (χ0n) is 10.5. The average molecular weight is 321 g/mol. The summed E-state index contributed by atoms with van der Waals surface area (Å²) in [5.41, 5.74) is 1.19. The first-order chi connectivity index (χ1) is 8.74. The summed E-state index contributed by atoms with van der Waals surface area (Å²) in [6.45, 7) is 1.90. The molecule has 1 aromatic rings. The summed E-state index contributed by atoms with van der Waals surface area (Å²) < 4.78 is 0. The van der Waals surface area contributed by atoms with Crippen LogP contribution in [0.5, 0.6) is 0 Å². The van der Waals surface area contributed by atoms with Crippen LogP contribution in [0.3, 0.4) is 0 Å². The number of nitrogens with one attached hydrogen (secondary N) is 2. The SMILES string of the molecule is Cl.O=C(CSCc1ccc(Cl)cc1)NC1CCNC1. The largest absolute Gasteiger partial charge is 0.351 e. The van der Waals surface area contributed by atoms with Crippen molar-refractivity contribution in [3.05, 3.63) is 34.9 Å². The molecule has 1 aliphatic heterocycles. The molecule has 19 heavy (non-hydrogen) atoms. The van der Waals surface area contributed by atoms with Gasteiger partial charge in [-0.25, -0.2) is 0 Å². The molecule has 0 spiro atoms. The van der Waals surface area contributed by atoms with Gasteiger partial charge in [0.05, 0.1) is 5.75 Å². The fourth-order valence-electron chi connectivity index (χ4n) is 1.89. The lowest BCUT2D eigenvalue weighted by Crippen LogP contribution is -2.37. The molecular weight excluding hydrogens is 303 g/mol. The van der Waals surface area contributed by atoms with Crippen molar-refractivity contribution in [2.24, 2.45) is 0 Å². The summed E-state index contributed by atoms with van der Waals surface area (Å²) in [7, 11) is 0. The molecule has 1 atom stereocenters. The number of rotatable bonds is 5. The maximum Gasteiger partial charge on any atom is 0.230 e. The van der Waals surface area contributed by atoms with Crippen molar-refractivity contribution in [1.29, 1.82) is 0 Å². The van der Waals surface area contributed by atoms with E-state index in [1.807, 2.05) is 24.3 Å². The second-order valence-electron chi connectivity index (χ2n) is 4.38. The number of amides is 1. The van der Waals surface area contributed by atoms with Crippen LogP contribution in [0.15, 0.2) is 24.3 Å². The Labute approximate surface area is 129 Å². The van der Waals surface area contributed by atoms with Crippen LogP contribution in [-0.2, 0) is 10.5 Å². The van der Waals surface area contributed by atoms with E-state index in [0.29, 0.717) is 11.8 Å². The van der Waals surface area contributed by atoms with Crippen molar-refractivity contribution >= 4 is 41.7 Å². The number of carbonyl (C=O) groups excluding carboxylic acids is 1. The third kappa shape index (κ3) is 6.04. The van der Waals surface area contributed by atoms with Crippen LogP contribution in [0.4, 0.5) is 0 Å². The highest BCUT2D eigenvalue weighted by atomic mass is 35.5. The Bertz CT molecular complexity index is 394. The van der Waals surface area contributed by atoms with Gasteiger partial charge < -0.3 is 10.6 Å². The lowest BCUT2D eigenvalue weighted by molar-refractivity contribution is -0.119. The topological polar surface area (TPSA) is 41.1 Å². The highest BCUT2D eigenvalue weighted by molar-refractivity contribution is 7.99. The minimum Gasteiger partial charge on any atom is -0.351 e. The molecule has 1 heterocycles. The number of hydrogen-bond donors (Lipinski definition) is 2. The molecule has 0 saturated carbocycles. The number of carbonyl (C=O) groups is 1. The zero-order valence-corrected chi connectivity index (χ0v) is 12.9. The summed E-state index contributed by atoms with van der Waals surface area (Å²) in [6, 6.07) is 8.06. The quantitative estimate of drug-likeness (QED) is 0.875. The van der Waals surface area contributed by atoms with Gasteiger partial charge in [-0.3, -0.25) is 4.79 Å². The average Bonchev–Trinajstić information content (AvgIpc) is 2.84. The second-order valence-corrected chi connectivity index (χ2v) is 5.80. The van der Waals surface area contributed by atoms with Crippen LogP contribution in [0.2, 0.25) is 5.02 Å². The van der Waals surface area contributed by atoms with Gasteiger partial charge in [-0.2, -0.15) is 0 Å². The molecule has 1 saturated heterocycles. The molecule has 0 radical (unpaired) electrons. The molecule has 2 N–H and O–H groups in total. The van der Waals surface area contributed by atoms with E-state index >= 15 is 0 Å². The van der Waals surface area contributed by atoms with E-state index in [1.54, 1.807) is 11.8 Å². The third-order valence-corrected chi connectivity index (χ3v) is 4.10.